The van der Waals surface area contributed by atoms with Gasteiger partial charge in [-0.25, -0.2) is 0 Å². The zero-order chi connectivity index (χ0) is 49.7. The number of alkyl halides is 12. The summed E-state index contributed by atoms with van der Waals surface area (Å²) in [5.41, 5.74) is -7.53. The zero-order valence-corrected chi connectivity index (χ0v) is 40.9. The summed E-state index contributed by atoms with van der Waals surface area (Å²) in [7, 11) is 4.18. The lowest BCUT2D eigenvalue weighted by Crippen LogP contribution is -3.00. The number of quaternary nitrogens is 1. The van der Waals surface area contributed by atoms with Crippen LogP contribution in [-0.4, -0.2) is 25.8 Å². The number of halogens is 15. The molecule has 0 spiro atoms. The highest BCUT2D eigenvalue weighted by Crippen LogP contribution is 2.56. The first-order valence-corrected chi connectivity index (χ1v) is 21.1. The van der Waals surface area contributed by atoms with Crippen molar-refractivity contribution in [2.24, 2.45) is 0 Å². The Bertz CT molecular complexity index is 2490. The van der Waals surface area contributed by atoms with Crippen molar-refractivity contribution in [2.75, 3.05) is 21.3 Å². The van der Waals surface area contributed by atoms with Crippen LogP contribution in [0.15, 0.2) is 66.7 Å². The summed E-state index contributed by atoms with van der Waals surface area (Å²) in [5.74, 6) is -0.0864. The van der Waals surface area contributed by atoms with Crippen LogP contribution in [-0.2, 0) is 48.6 Å². The number of nitrogens with zero attached hydrogens (tertiary/aromatic N) is 1. The third-order valence-corrected chi connectivity index (χ3v) is 12.8. The summed E-state index contributed by atoms with van der Waals surface area (Å²) in [6.07, 6.45) is -21.0. The third kappa shape index (κ3) is 10.6. The number of rotatable bonds is 6. The van der Waals surface area contributed by atoms with Crippen molar-refractivity contribution in [3.63, 3.8) is 0 Å². The molecule has 6 rings (SSSR count). The minimum absolute atomic E-state index is 0. The van der Waals surface area contributed by atoms with Gasteiger partial charge in [0, 0.05) is 44.0 Å². The van der Waals surface area contributed by atoms with E-state index in [2.05, 4.69) is 0 Å². The van der Waals surface area contributed by atoms with E-state index in [9.17, 15) is 52.7 Å². The lowest BCUT2D eigenvalue weighted by Gasteiger charge is -2.41. The molecule has 5 aromatic carbocycles. The van der Waals surface area contributed by atoms with E-state index in [0.717, 1.165) is 0 Å². The number of fused-ring (bicyclic) bond motifs is 3. The normalized spacial score (nSPS) is 15.0. The van der Waals surface area contributed by atoms with Crippen LogP contribution < -0.4 is 26.5 Å². The summed E-state index contributed by atoms with van der Waals surface area (Å²) in [6, 6.07) is 9.73. The van der Waals surface area contributed by atoms with Gasteiger partial charge in [0.2, 0.25) is 0 Å². The fourth-order valence-electron chi connectivity index (χ4n) is 8.79. The molecule has 1 aliphatic heterocycles. The Balaban J connectivity index is 0.00000840. The van der Waals surface area contributed by atoms with E-state index in [0.29, 0.717) is 41.0 Å². The lowest BCUT2D eigenvalue weighted by atomic mass is 9.76. The van der Waals surface area contributed by atoms with Crippen LogP contribution in [0.1, 0.15) is 105 Å². The van der Waals surface area contributed by atoms with E-state index in [1.807, 2.05) is 0 Å². The summed E-state index contributed by atoms with van der Waals surface area (Å²) >= 11 is 13.1. The second-order valence-corrected chi connectivity index (χ2v) is 19.8. The average Bonchev–Trinajstić information content (AvgIpc) is 3.30. The van der Waals surface area contributed by atoms with Gasteiger partial charge in [0.15, 0.2) is 0 Å². The van der Waals surface area contributed by atoms with E-state index < -0.39 is 75.0 Å². The topological polar surface area (TPSA) is 18.5 Å². The first kappa shape index (κ1) is 53.8. The van der Waals surface area contributed by atoms with Crippen LogP contribution >= 0.6 is 23.2 Å². The fourth-order valence-corrected chi connectivity index (χ4v) is 9.36. The molecule has 0 aromatic heterocycles. The summed E-state index contributed by atoms with van der Waals surface area (Å²) in [5, 5.41) is 0.449. The fraction of sp³-hybridized carbons (Fsp3) is 0.388. The molecule has 1 heterocycles. The van der Waals surface area contributed by atoms with Gasteiger partial charge in [-0.3, -0.25) is 0 Å². The Morgan fingerprint density at radius 1 is 0.522 bits per heavy atom. The van der Waals surface area contributed by atoms with Gasteiger partial charge in [-0.05, 0) is 101 Å². The molecule has 0 saturated carbocycles. The summed E-state index contributed by atoms with van der Waals surface area (Å²) in [4.78, 5) is 0. The zero-order valence-electron chi connectivity index (χ0n) is 37.8. The van der Waals surface area contributed by atoms with E-state index in [1.54, 1.807) is 79.8 Å². The molecule has 0 amide bonds. The molecule has 364 valence electrons. The SMILES string of the molecule is COc1c(C(C)(C)C)cc2c(c1-c1cc(C(F)(F)F)cc(C(F)(F)F)c1)C[N+](C)([C@@H](C)c1ccc(Cl)cc1Cl)Cc1c-2cc(C(C)(C)C)c(OC)c1-c1cc(C(F)(F)F)cc(C(F)(F)F)c1.[Br-]. The molecular formula is C49H46BrCl2F12NO2. The molecule has 0 radical (unpaired) electrons. The highest BCUT2D eigenvalue weighted by atomic mass is 79.9. The van der Waals surface area contributed by atoms with Crippen molar-refractivity contribution < 1.29 is 83.6 Å². The Hall–Kier alpha value is -4.12. The number of methoxy groups -OCH3 is 2. The molecule has 0 saturated heterocycles. The second kappa shape index (κ2) is 18.0. The van der Waals surface area contributed by atoms with Crippen LogP contribution in [0, 0.1) is 0 Å². The molecule has 0 aliphatic carbocycles. The molecule has 0 fully saturated rings. The average molecular weight is 1060 g/mol. The lowest BCUT2D eigenvalue weighted by molar-refractivity contribution is -0.962. The maximum atomic E-state index is 14.6. The van der Waals surface area contributed by atoms with Crippen LogP contribution in [0.4, 0.5) is 52.7 Å². The molecule has 0 bridgehead atoms. The van der Waals surface area contributed by atoms with E-state index in [4.69, 9.17) is 32.7 Å². The number of hydrogen-bond donors (Lipinski definition) is 0. The minimum Gasteiger partial charge on any atom is -1.00 e. The Labute approximate surface area is 401 Å². The molecule has 18 heteroatoms. The monoisotopic (exact) mass is 1060 g/mol. The smallest absolute Gasteiger partial charge is 0.416 e. The Kier molecular flexibility index (Phi) is 14.5. The van der Waals surface area contributed by atoms with Crippen molar-refractivity contribution in [2.45, 2.75) is 103 Å². The van der Waals surface area contributed by atoms with Gasteiger partial charge < -0.3 is 30.9 Å². The quantitative estimate of drug-likeness (QED) is 0.125. The predicted octanol–water partition coefficient (Wildman–Crippen LogP) is 13.9. The van der Waals surface area contributed by atoms with Gasteiger partial charge in [0.25, 0.3) is 0 Å². The predicted molar refractivity (Wildman–Crippen MR) is 232 cm³/mol. The molecule has 1 aliphatic rings. The van der Waals surface area contributed by atoms with Crippen LogP contribution in [0.5, 0.6) is 11.5 Å². The summed E-state index contributed by atoms with van der Waals surface area (Å²) in [6.45, 7) is 11.8. The van der Waals surface area contributed by atoms with Crippen LogP contribution in [0.3, 0.4) is 0 Å². The Morgan fingerprint density at radius 3 is 1.12 bits per heavy atom. The molecule has 1 atom stereocenters. The highest BCUT2D eigenvalue weighted by Gasteiger charge is 2.45. The second-order valence-electron chi connectivity index (χ2n) is 18.9. The van der Waals surface area contributed by atoms with Gasteiger partial charge in [-0.2, -0.15) is 52.7 Å². The van der Waals surface area contributed by atoms with Gasteiger partial charge in [0.1, 0.15) is 30.6 Å². The van der Waals surface area contributed by atoms with Gasteiger partial charge in [-0.1, -0.05) is 70.8 Å². The molecule has 3 nitrogen and oxygen atoms in total. The maximum absolute atomic E-state index is 14.6. The van der Waals surface area contributed by atoms with Crippen molar-refractivity contribution >= 4 is 23.2 Å². The minimum atomic E-state index is -5.24. The van der Waals surface area contributed by atoms with Crippen molar-refractivity contribution in [1.82, 2.24) is 0 Å². The number of hydrogen-bond acceptors (Lipinski definition) is 2. The molecule has 5 aromatic rings. The van der Waals surface area contributed by atoms with Gasteiger partial charge in [-0.15, -0.1) is 0 Å². The molecule has 0 N–H and O–H groups in total. The summed E-state index contributed by atoms with van der Waals surface area (Å²) < 4.78 is 188. The van der Waals surface area contributed by atoms with E-state index >= 15 is 0 Å². The van der Waals surface area contributed by atoms with Gasteiger partial charge in [0.05, 0.1) is 48.5 Å². The first-order chi connectivity index (χ1) is 30.0. The van der Waals surface area contributed by atoms with E-state index in [-0.39, 0.29) is 102 Å². The number of benzene rings is 5. The van der Waals surface area contributed by atoms with Crippen LogP contribution in [0.25, 0.3) is 33.4 Å². The standard InChI is InChI=1S/C49H46Cl2F12NO2.BrH/c1-24(32-12-11-31(50)19-39(32)51)64(8)22-35-33(20-37(44(2,3)4)42(65-9)40(35)25-13-27(46(52,53)54)17-28(14-25)47(55,56)57)34-21-38(45(5,6)7)43(66-10)41(36(34)23-64)26-15-29(48(58,59)60)18-30(16-26)49(61,62)63;/h11-21,24H,22-23H2,1-10H3;1H/q+1;/p-1/t24-;/m0./s1. The van der Waals surface area contributed by atoms with Gasteiger partial charge >= 0.3 is 24.7 Å². The van der Waals surface area contributed by atoms with Crippen molar-refractivity contribution in [1.29, 1.82) is 0 Å². The van der Waals surface area contributed by atoms with E-state index in [1.165, 1.54) is 20.3 Å². The first-order valence-electron chi connectivity index (χ1n) is 20.4. The molecule has 0 unspecified atom stereocenters. The largest absolute Gasteiger partial charge is 1.00 e. The Morgan fingerprint density at radius 2 is 0.851 bits per heavy atom. The maximum Gasteiger partial charge on any atom is 0.416 e. The van der Waals surface area contributed by atoms with Crippen molar-refractivity contribution in [3.05, 3.63) is 127 Å². The number of ether oxygens (including phenoxy) is 2. The highest BCUT2D eigenvalue weighted by molar-refractivity contribution is 6.35. The van der Waals surface area contributed by atoms with Crippen LogP contribution in [0.2, 0.25) is 10.0 Å². The van der Waals surface area contributed by atoms with Crippen molar-refractivity contribution in [3.8, 4) is 44.9 Å². The molecule has 67 heavy (non-hydrogen) atoms. The third-order valence-electron chi connectivity index (χ3n) is 12.2. The molecular weight excluding hydrogens is 1010 g/mol.